The number of ether oxygens (including phenoxy) is 1. The topological polar surface area (TPSA) is 82.2 Å². The van der Waals surface area contributed by atoms with Crippen LogP contribution in [0.1, 0.15) is 16.1 Å². The number of methoxy groups -OCH3 is 1. The van der Waals surface area contributed by atoms with Crippen molar-refractivity contribution in [3.8, 4) is 5.75 Å². The second-order valence-corrected chi connectivity index (χ2v) is 4.58. The molecule has 7 heteroatoms. The molecule has 0 bridgehead atoms. The monoisotopic (exact) mass is 294 g/mol. The summed E-state index contributed by atoms with van der Waals surface area (Å²) >= 11 is 6.11. The molecule has 0 aliphatic heterocycles. The minimum absolute atomic E-state index is 0.242. The first-order valence-electron chi connectivity index (χ1n) is 5.91. The number of carbonyl (C=O) groups is 1. The lowest BCUT2D eigenvalue weighted by Crippen LogP contribution is -2.26. The first-order valence-corrected chi connectivity index (χ1v) is 6.29. The molecule has 6 nitrogen and oxygen atoms in total. The van der Waals surface area contributed by atoms with Gasteiger partial charge in [0.05, 0.1) is 19.0 Å². The minimum Gasteiger partial charge on any atom is -0.496 e. The van der Waals surface area contributed by atoms with Crippen LogP contribution in [-0.4, -0.2) is 22.8 Å². The van der Waals surface area contributed by atoms with Crippen LogP contribution in [0.25, 0.3) is 0 Å². The van der Waals surface area contributed by atoms with E-state index in [4.69, 9.17) is 22.1 Å². The molecule has 0 spiro atoms. The molecular weight excluding hydrogens is 280 g/mol. The van der Waals surface area contributed by atoms with E-state index in [9.17, 15) is 4.79 Å². The Bertz CT molecular complexity index is 620. The molecule has 1 amide bonds. The number of amides is 1. The molecule has 2 aromatic rings. The molecular formula is C13H15ClN4O2. The van der Waals surface area contributed by atoms with Crippen molar-refractivity contribution in [1.29, 1.82) is 0 Å². The molecule has 20 heavy (non-hydrogen) atoms. The van der Waals surface area contributed by atoms with Gasteiger partial charge in [-0.2, -0.15) is 5.10 Å². The lowest BCUT2D eigenvalue weighted by Gasteiger charge is -2.11. The second kappa shape index (κ2) is 5.83. The maximum Gasteiger partial charge on any atom is 0.271 e. The van der Waals surface area contributed by atoms with Crippen LogP contribution in [-0.2, 0) is 13.6 Å². The molecule has 0 aliphatic carbocycles. The molecule has 0 radical (unpaired) electrons. The molecule has 0 saturated carbocycles. The molecule has 0 fully saturated rings. The number of carbonyl (C=O) groups excluding carboxylic acids is 1. The maximum absolute atomic E-state index is 12.1. The summed E-state index contributed by atoms with van der Waals surface area (Å²) in [6.45, 7) is 0.242. The van der Waals surface area contributed by atoms with Gasteiger partial charge in [-0.25, -0.2) is 0 Å². The van der Waals surface area contributed by atoms with E-state index >= 15 is 0 Å². The fourth-order valence-electron chi connectivity index (χ4n) is 1.89. The normalized spacial score (nSPS) is 10.3. The van der Waals surface area contributed by atoms with E-state index in [1.807, 2.05) is 0 Å². The van der Waals surface area contributed by atoms with Crippen molar-refractivity contribution in [3.05, 3.63) is 40.7 Å². The number of benzene rings is 1. The number of rotatable bonds is 4. The predicted octanol–water partition coefficient (Wildman–Crippen LogP) is 1.59. The Morgan fingerprint density at radius 2 is 2.30 bits per heavy atom. The van der Waals surface area contributed by atoms with Crippen molar-refractivity contribution in [1.82, 2.24) is 15.1 Å². The Kier molecular flexibility index (Phi) is 4.14. The van der Waals surface area contributed by atoms with Gasteiger partial charge in [-0.15, -0.1) is 0 Å². The number of aromatic nitrogens is 2. The number of anilines is 1. The Morgan fingerprint density at radius 3 is 2.90 bits per heavy atom. The Labute approximate surface area is 121 Å². The van der Waals surface area contributed by atoms with E-state index in [1.54, 1.807) is 32.4 Å². The second-order valence-electron chi connectivity index (χ2n) is 4.18. The zero-order valence-electron chi connectivity index (χ0n) is 11.2. The van der Waals surface area contributed by atoms with E-state index in [2.05, 4.69) is 10.4 Å². The summed E-state index contributed by atoms with van der Waals surface area (Å²) in [4.78, 5) is 12.1. The third kappa shape index (κ3) is 2.70. The SMILES string of the molecule is COc1cccc(Cl)c1CNC(=O)c1c(N)cnn1C. The summed E-state index contributed by atoms with van der Waals surface area (Å²) in [6.07, 6.45) is 1.44. The Hall–Kier alpha value is -2.21. The van der Waals surface area contributed by atoms with Crippen molar-refractivity contribution < 1.29 is 9.53 Å². The number of halogens is 1. The summed E-state index contributed by atoms with van der Waals surface area (Å²) in [6, 6.07) is 5.31. The lowest BCUT2D eigenvalue weighted by atomic mass is 10.2. The fourth-order valence-corrected chi connectivity index (χ4v) is 2.12. The third-order valence-corrected chi connectivity index (χ3v) is 3.26. The lowest BCUT2D eigenvalue weighted by molar-refractivity contribution is 0.0942. The smallest absolute Gasteiger partial charge is 0.271 e. The van der Waals surface area contributed by atoms with Crippen LogP contribution in [0.3, 0.4) is 0 Å². The Morgan fingerprint density at radius 1 is 1.55 bits per heavy atom. The van der Waals surface area contributed by atoms with Gasteiger partial charge in [-0.05, 0) is 12.1 Å². The highest BCUT2D eigenvalue weighted by atomic mass is 35.5. The quantitative estimate of drug-likeness (QED) is 0.897. The molecule has 0 unspecified atom stereocenters. The largest absolute Gasteiger partial charge is 0.496 e. The van der Waals surface area contributed by atoms with Gasteiger partial charge in [0.1, 0.15) is 11.4 Å². The zero-order valence-corrected chi connectivity index (χ0v) is 11.9. The highest BCUT2D eigenvalue weighted by molar-refractivity contribution is 6.31. The average molecular weight is 295 g/mol. The first kappa shape index (κ1) is 14.2. The number of hydrogen-bond acceptors (Lipinski definition) is 4. The van der Waals surface area contributed by atoms with Gasteiger partial charge < -0.3 is 15.8 Å². The zero-order chi connectivity index (χ0) is 14.7. The van der Waals surface area contributed by atoms with Crippen LogP contribution in [0, 0.1) is 0 Å². The summed E-state index contributed by atoms with van der Waals surface area (Å²) in [5.41, 5.74) is 7.06. The van der Waals surface area contributed by atoms with Crippen molar-refractivity contribution in [2.45, 2.75) is 6.54 Å². The van der Waals surface area contributed by atoms with Crippen LogP contribution < -0.4 is 15.8 Å². The number of nitrogen functional groups attached to an aromatic ring is 1. The van der Waals surface area contributed by atoms with Gasteiger partial charge in [-0.1, -0.05) is 17.7 Å². The molecule has 3 N–H and O–H groups in total. The Balaban J connectivity index is 2.16. The van der Waals surface area contributed by atoms with Crippen molar-refractivity contribution >= 4 is 23.2 Å². The van der Waals surface area contributed by atoms with E-state index in [1.165, 1.54) is 10.9 Å². The van der Waals surface area contributed by atoms with Crippen LogP contribution in [0.2, 0.25) is 5.02 Å². The van der Waals surface area contributed by atoms with Gasteiger partial charge in [0.2, 0.25) is 0 Å². The highest BCUT2D eigenvalue weighted by Gasteiger charge is 2.16. The summed E-state index contributed by atoms with van der Waals surface area (Å²) in [5, 5.41) is 7.21. The van der Waals surface area contributed by atoms with Crippen LogP contribution in [0.4, 0.5) is 5.69 Å². The van der Waals surface area contributed by atoms with Gasteiger partial charge in [0.25, 0.3) is 5.91 Å². The number of nitrogens with zero attached hydrogens (tertiary/aromatic N) is 2. The number of hydrogen-bond donors (Lipinski definition) is 2. The highest BCUT2D eigenvalue weighted by Crippen LogP contribution is 2.26. The molecule has 1 aromatic heterocycles. The molecule has 2 rings (SSSR count). The standard InChI is InChI=1S/C13H15ClN4O2/c1-18-12(10(15)7-17-18)13(19)16-6-8-9(14)4-3-5-11(8)20-2/h3-5,7H,6,15H2,1-2H3,(H,16,19). The van der Waals surface area contributed by atoms with E-state index in [-0.39, 0.29) is 12.5 Å². The third-order valence-electron chi connectivity index (χ3n) is 2.90. The van der Waals surface area contributed by atoms with E-state index < -0.39 is 0 Å². The molecule has 106 valence electrons. The number of aryl methyl sites for hydroxylation is 1. The van der Waals surface area contributed by atoms with E-state index in [0.717, 1.165) is 0 Å². The minimum atomic E-state index is -0.315. The number of nitrogens with two attached hydrogens (primary N) is 1. The van der Waals surface area contributed by atoms with Crippen LogP contribution in [0.5, 0.6) is 5.75 Å². The van der Waals surface area contributed by atoms with Crippen molar-refractivity contribution in [2.75, 3.05) is 12.8 Å². The summed E-state index contributed by atoms with van der Waals surface area (Å²) in [7, 11) is 3.21. The first-order chi connectivity index (χ1) is 9.54. The van der Waals surface area contributed by atoms with Crippen molar-refractivity contribution in [2.24, 2.45) is 7.05 Å². The van der Waals surface area contributed by atoms with Gasteiger partial charge in [-0.3, -0.25) is 9.48 Å². The average Bonchev–Trinajstić information content (AvgIpc) is 2.76. The molecule has 0 saturated heterocycles. The predicted molar refractivity (Wildman–Crippen MR) is 76.8 cm³/mol. The fraction of sp³-hybridized carbons (Fsp3) is 0.231. The number of nitrogens with one attached hydrogen (secondary N) is 1. The molecule has 0 aliphatic rings. The van der Waals surface area contributed by atoms with Crippen LogP contribution in [0.15, 0.2) is 24.4 Å². The van der Waals surface area contributed by atoms with Crippen LogP contribution >= 0.6 is 11.6 Å². The molecule has 1 heterocycles. The summed E-state index contributed by atoms with van der Waals surface area (Å²) in [5.74, 6) is 0.306. The van der Waals surface area contributed by atoms with Crippen molar-refractivity contribution in [3.63, 3.8) is 0 Å². The van der Waals surface area contributed by atoms with E-state index in [0.29, 0.717) is 27.7 Å². The molecule has 0 atom stereocenters. The summed E-state index contributed by atoms with van der Waals surface area (Å²) < 4.78 is 6.64. The van der Waals surface area contributed by atoms with Gasteiger partial charge >= 0.3 is 0 Å². The maximum atomic E-state index is 12.1. The van der Waals surface area contributed by atoms with Gasteiger partial charge in [0, 0.05) is 24.2 Å². The van der Waals surface area contributed by atoms with Gasteiger partial charge in [0.15, 0.2) is 0 Å². The molecule has 1 aromatic carbocycles.